The van der Waals surface area contributed by atoms with Gasteiger partial charge in [-0.15, -0.1) is 0 Å². The van der Waals surface area contributed by atoms with E-state index in [4.69, 9.17) is 25.5 Å². The fourth-order valence-corrected chi connectivity index (χ4v) is 2.46. The van der Waals surface area contributed by atoms with Crippen molar-refractivity contribution in [2.45, 2.75) is 46.1 Å². The van der Waals surface area contributed by atoms with Crippen LogP contribution in [0.3, 0.4) is 0 Å². The van der Waals surface area contributed by atoms with Gasteiger partial charge in [0, 0.05) is 17.5 Å². The lowest BCUT2D eigenvalue weighted by atomic mass is 10.1. The van der Waals surface area contributed by atoms with Crippen LogP contribution >= 0.6 is 11.6 Å². The quantitative estimate of drug-likeness (QED) is 0.544. The third-order valence-electron chi connectivity index (χ3n) is 3.94. The third-order valence-corrected chi connectivity index (χ3v) is 4.19. The van der Waals surface area contributed by atoms with Gasteiger partial charge < -0.3 is 13.9 Å². The molecule has 1 aromatic carbocycles. The predicted octanol–water partition coefficient (Wildman–Crippen LogP) is 4.78. The molecular weight excluding hydrogens is 368 g/mol. The third kappa shape index (κ3) is 7.87. The first-order chi connectivity index (χ1) is 12.9. The van der Waals surface area contributed by atoms with Crippen molar-refractivity contribution in [2.24, 2.45) is 5.92 Å². The summed E-state index contributed by atoms with van der Waals surface area (Å²) in [5.41, 5.74) is 0.838. The lowest BCUT2D eigenvalue weighted by molar-refractivity contribution is -0.145. The molecule has 0 saturated carbocycles. The van der Waals surface area contributed by atoms with Crippen molar-refractivity contribution in [3.63, 3.8) is 0 Å². The Morgan fingerprint density at radius 2 is 1.96 bits per heavy atom. The molecule has 0 saturated heterocycles. The van der Waals surface area contributed by atoms with E-state index in [0.717, 1.165) is 18.4 Å². The van der Waals surface area contributed by atoms with Crippen molar-refractivity contribution in [1.82, 2.24) is 0 Å². The van der Waals surface area contributed by atoms with Crippen molar-refractivity contribution in [3.05, 3.63) is 63.2 Å². The van der Waals surface area contributed by atoms with E-state index in [1.165, 1.54) is 12.3 Å². The molecule has 0 radical (unpaired) electrons. The first kappa shape index (κ1) is 21.0. The smallest absolute Gasteiger partial charge is 0.306 e. The summed E-state index contributed by atoms with van der Waals surface area (Å²) in [5.74, 6) is 0.634. The van der Waals surface area contributed by atoms with E-state index in [1.54, 1.807) is 0 Å². The van der Waals surface area contributed by atoms with Crippen LogP contribution in [-0.4, -0.2) is 12.6 Å². The number of ether oxygens (including phenoxy) is 2. The molecule has 1 aromatic heterocycles. The number of carbonyl (C=O) groups is 1. The summed E-state index contributed by atoms with van der Waals surface area (Å²) in [6.45, 7) is 4.56. The standard InChI is InChI=1S/C21H25ClO5/c1-15(2)10-11-25-20-14-26-18(12-19(20)23)13-27-21(24)5-3-4-16-6-8-17(22)9-7-16/h6-9,12,14-15H,3-5,10-11,13H2,1-2H3. The predicted molar refractivity (Wildman–Crippen MR) is 104 cm³/mol. The first-order valence-corrected chi connectivity index (χ1v) is 9.46. The van der Waals surface area contributed by atoms with Crippen molar-refractivity contribution < 1.29 is 18.7 Å². The molecule has 0 N–H and O–H groups in total. The van der Waals surface area contributed by atoms with E-state index in [0.29, 0.717) is 36.1 Å². The summed E-state index contributed by atoms with van der Waals surface area (Å²) in [6.07, 6.45) is 3.86. The summed E-state index contributed by atoms with van der Waals surface area (Å²) in [7, 11) is 0. The van der Waals surface area contributed by atoms with Crippen LogP contribution < -0.4 is 10.2 Å². The monoisotopic (exact) mass is 392 g/mol. The average Bonchev–Trinajstić information content (AvgIpc) is 2.63. The molecule has 0 atom stereocenters. The maximum Gasteiger partial charge on any atom is 0.306 e. The molecule has 0 aliphatic carbocycles. The average molecular weight is 393 g/mol. The summed E-state index contributed by atoms with van der Waals surface area (Å²) in [6, 6.07) is 8.83. The normalized spacial score (nSPS) is 10.8. The van der Waals surface area contributed by atoms with E-state index in [2.05, 4.69) is 13.8 Å². The molecule has 0 unspecified atom stereocenters. The number of halogens is 1. The molecule has 27 heavy (non-hydrogen) atoms. The first-order valence-electron chi connectivity index (χ1n) is 9.08. The highest BCUT2D eigenvalue weighted by molar-refractivity contribution is 6.30. The van der Waals surface area contributed by atoms with E-state index in [9.17, 15) is 9.59 Å². The Kier molecular flexibility index (Phi) is 8.40. The summed E-state index contributed by atoms with van der Waals surface area (Å²) in [4.78, 5) is 23.8. The number of carbonyl (C=O) groups excluding carboxylic acids is 1. The minimum Gasteiger partial charge on any atom is -0.487 e. The van der Waals surface area contributed by atoms with E-state index in [-0.39, 0.29) is 23.8 Å². The number of aryl methyl sites for hydroxylation is 1. The Bertz CT molecular complexity index is 780. The van der Waals surface area contributed by atoms with Crippen LogP contribution in [0.15, 0.2) is 45.8 Å². The van der Waals surface area contributed by atoms with Gasteiger partial charge in [-0.3, -0.25) is 9.59 Å². The highest BCUT2D eigenvalue weighted by atomic mass is 35.5. The second-order valence-electron chi connectivity index (χ2n) is 6.75. The molecule has 6 heteroatoms. The van der Waals surface area contributed by atoms with Gasteiger partial charge in [-0.05, 0) is 42.9 Å². The SMILES string of the molecule is CC(C)CCOc1coc(COC(=O)CCCc2ccc(Cl)cc2)cc1=O. The fraction of sp³-hybridized carbons (Fsp3) is 0.429. The zero-order chi connectivity index (χ0) is 19.6. The number of esters is 1. The van der Waals surface area contributed by atoms with Crippen molar-refractivity contribution in [2.75, 3.05) is 6.61 Å². The minimum absolute atomic E-state index is 0.0682. The number of hydrogen-bond donors (Lipinski definition) is 0. The molecule has 0 fully saturated rings. The van der Waals surface area contributed by atoms with Gasteiger partial charge in [0.2, 0.25) is 11.2 Å². The van der Waals surface area contributed by atoms with Crippen LogP contribution in [-0.2, 0) is 22.6 Å². The van der Waals surface area contributed by atoms with Gasteiger partial charge in [-0.1, -0.05) is 37.6 Å². The van der Waals surface area contributed by atoms with Crippen LogP contribution in [0.2, 0.25) is 5.02 Å². The Morgan fingerprint density at radius 1 is 1.22 bits per heavy atom. The van der Waals surface area contributed by atoms with Gasteiger partial charge >= 0.3 is 5.97 Å². The largest absolute Gasteiger partial charge is 0.487 e. The van der Waals surface area contributed by atoms with Crippen molar-refractivity contribution in [1.29, 1.82) is 0 Å². The minimum atomic E-state index is -0.330. The van der Waals surface area contributed by atoms with Crippen molar-refractivity contribution in [3.8, 4) is 5.75 Å². The van der Waals surface area contributed by atoms with Crippen LogP contribution in [0.4, 0.5) is 0 Å². The van der Waals surface area contributed by atoms with Crippen molar-refractivity contribution >= 4 is 17.6 Å². The summed E-state index contributed by atoms with van der Waals surface area (Å²) >= 11 is 5.84. The van der Waals surface area contributed by atoms with Gasteiger partial charge in [-0.25, -0.2) is 0 Å². The van der Waals surface area contributed by atoms with Gasteiger partial charge in [-0.2, -0.15) is 0 Å². The number of benzene rings is 1. The van der Waals surface area contributed by atoms with Crippen LogP contribution in [0, 0.1) is 5.92 Å². The molecule has 0 bridgehead atoms. The zero-order valence-corrected chi connectivity index (χ0v) is 16.5. The second-order valence-corrected chi connectivity index (χ2v) is 7.18. The van der Waals surface area contributed by atoms with Crippen LogP contribution in [0.25, 0.3) is 0 Å². The maximum absolute atomic E-state index is 12.0. The molecule has 146 valence electrons. The van der Waals surface area contributed by atoms with E-state index < -0.39 is 0 Å². The molecule has 0 amide bonds. The fourth-order valence-electron chi connectivity index (χ4n) is 2.34. The number of hydrogen-bond acceptors (Lipinski definition) is 5. The zero-order valence-electron chi connectivity index (χ0n) is 15.7. The van der Waals surface area contributed by atoms with Crippen LogP contribution in [0.5, 0.6) is 5.75 Å². The maximum atomic E-state index is 12.0. The van der Waals surface area contributed by atoms with Gasteiger partial charge in [0.15, 0.2) is 0 Å². The van der Waals surface area contributed by atoms with E-state index in [1.807, 2.05) is 24.3 Å². The molecule has 1 heterocycles. The summed E-state index contributed by atoms with van der Waals surface area (Å²) < 4.78 is 15.9. The molecule has 0 aliphatic rings. The highest BCUT2D eigenvalue weighted by Crippen LogP contribution is 2.13. The molecule has 5 nitrogen and oxygen atoms in total. The molecule has 2 rings (SSSR count). The Hall–Kier alpha value is -2.27. The molecular formula is C21H25ClO5. The van der Waals surface area contributed by atoms with Gasteiger partial charge in [0.05, 0.1) is 6.61 Å². The molecule has 2 aromatic rings. The van der Waals surface area contributed by atoms with E-state index >= 15 is 0 Å². The number of rotatable bonds is 10. The van der Waals surface area contributed by atoms with Gasteiger partial charge in [0.1, 0.15) is 18.6 Å². The Balaban J connectivity index is 1.72. The summed E-state index contributed by atoms with van der Waals surface area (Å²) in [5, 5.41) is 0.691. The molecule has 0 spiro atoms. The van der Waals surface area contributed by atoms with Crippen LogP contribution in [0.1, 0.15) is 44.4 Å². The Labute approximate surface area is 164 Å². The molecule has 0 aliphatic heterocycles. The lowest BCUT2D eigenvalue weighted by Gasteiger charge is -2.08. The lowest BCUT2D eigenvalue weighted by Crippen LogP contribution is -2.11. The highest BCUT2D eigenvalue weighted by Gasteiger charge is 2.09. The second kappa shape index (κ2) is 10.8. The Morgan fingerprint density at radius 3 is 2.63 bits per heavy atom. The van der Waals surface area contributed by atoms with Gasteiger partial charge in [0.25, 0.3) is 0 Å². The topological polar surface area (TPSA) is 65.7 Å².